The first-order valence-corrected chi connectivity index (χ1v) is 10.5. The summed E-state index contributed by atoms with van der Waals surface area (Å²) >= 11 is 0. The highest BCUT2D eigenvalue weighted by Gasteiger charge is 2.34. The molecule has 3 saturated heterocycles. The van der Waals surface area contributed by atoms with Crippen LogP contribution in [-0.2, 0) is 11.3 Å². The normalized spacial score (nSPS) is 25.3. The fourth-order valence-corrected chi connectivity index (χ4v) is 4.79. The molecule has 0 radical (unpaired) electrons. The molecule has 3 aliphatic rings. The Bertz CT molecular complexity index is 694. The maximum Gasteiger partial charge on any atom is 0.290 e. The topological polar surface area (TPSA) is 109 Å². The molecule has 4 heterocycles. The van der Waals surface area contributed by atoms with Crippen LogP contribution in [0.25, 0.3) is 0 Å². The number of carbonyl (C=O) groups excluding carboxylic acids is 2. The van der Waals surface area contributed by atoms with Crippen molar-refractivity contribution < 1.29 is 14.1 Å². The third-order valence-corrected chi connectivity index (χ3v) is 6.34. The maximum absolute atomic E-state index is 12.8. The predicted molar refractivity (Wildman–Crippen MR) is 101 cm³/mol. The summed E-state index contributed by atoms with van der Waals surface area (Å²) in [6, 6.07) is 0.536. The first-order valence-electron chi connectivity index (χ1n) is 10.5. The van der Waals surface area contributed by atoms with Crippen LogP contribution < -0.4 is 5.73 Å². The highest BCUT2D eigenvalue weighted by atomic mass is 16.5. The van der Waals surface area contributed by atoms with E-state index in [-0.39, 0.29) is 11.7 Å². The molecule has 0 unspecified atom stereocenters. The molecule has 4 rings (SSSR count). The van der Waals surface area contributed by atoms with E-state index in [4.69, 9.17) is 10.3 Å². The van der Waals surface area contributed by atoms with E-state index in [1.54, 1.807) is 0 Å². The standard InChI is InChI=1S/C19H30N6O3/c20-17(26)18-21-16(28-22-18)13-23-10-5-15(6-11-23)25-9-3-4-14(12-25)19(27)24-7-1-2-8-24/h14-15H,1-13H2,(H2,20,26)/t14-/m0/s1. The van der Waals surface area contributed by atoms with Gasteiger partial charge in [0.15, 0.2) is 0 Å². The van der Waals surface area contributed by atoms with Crippen LogP contribution >= 0.6 is 0 Å². The lowest BCUT2D eigenvalue weighted by Crippen LogP contribution is -2.51. The van der Waals surface area contributed by atoms with Gasteiger partial charge in [-0.15, -0.1) is 0 Å². The van der Waals surface area contributed by atoms with Crippen LogP contribution in [-0.4, -0.2) is 82.0 Å². The summed E-state index contributed by atoms with van der Waals surface area (Å²) in [6.07, 6.45) is 6.60. The number of primary amides is 1. The molecule has 3 aliphatic heterocycles. The summed E-state index contributed by atoms with van der Waals surface area (Å²) in [4.78, 5) is 34.8. The molecule has 2 N–H and O–H groups in total. The van der Waals surface area contributed by atoms with E-state index in [2.05, 4.69) is 24.8 Å². The Hall–Kier alpha value is -2.00. The molecule has 0 aromatic carbocycles. The van der Waals surface area contributed by atoms with Gasteiger partial charge in [-0.1, -0.05) is 5.16 Å². The number of hydrogen-bond donors (Lipinski definition) is 1. The Kier molecular flexibility index (Phi) is 5.91. The minimum absolute atomic E-state index is 0.0630. The summed E-state index contributed by atoms with van der Waals surface area (Å²) in [5.41, 5.74) is 5.16. The van der Waals surface area contributed by atoms with E-state index < -0.39 is 5.91 Å². The average molecular weight is 390 g/mol. The number of aromatic nitrogens is 2. The van der Waals surface area contributed by atoms with Gasteiger partial charge in [0.2, 0.25) is 11.8 Å². The molecule has 9 nitrogen and oxygen atoms in total. The van der Waals surface area contributed by atoms with Gasteiger partial charge >= 0.3 is 0 Å². The van der Waals surface area contributed by atoms with Crippen molar-refractivity contribution in [3.8, 4) is 0 Å². The lowest BCUT2D eigenvalue weighted by Gasteiger charge is -2.42. The number of rotatable bonds is 5. The van der Waals surface area contributed by atoms with Gasteiger partial charge in [0.25, 0.3) is 11.7 Å². The molecule has 1 aromatic heterocycles. The van der Waals surface area contributed by atoms with Gasteiger partial charge in [-0.25, -0.2) is 0 Å². The second kappa shape index (κ2) is 8.57. The molecule has 0 aliphatic carbocycles. The van der Waals surface area contributed by atoms with Gasteiger partial charge in [0, 0.05) is 38.8 Å². The van der Waals surface area contributed by atoms with Gasteiger partial charge in [-0.3, -0.25) is 19.4 Å². The molecule has 28 heavy (non-hydrogen) atoms. The van der Waals surface area contributed by atoms with Crippen molar-refractivity contribution in [3.05, 3.63) is 11.7 Å². The fraction of sp³-hybridized carbons (Fsp3) is 0.789. The predicted octanol–water partition coefficient (Wildman–Crippen LogP) is 0.467. The molecule has 0 saturated carbocycles. The van der Waals surface area contributed by atoms with Crippen LogP contribution in [0.1, 0.15) is 55.0 Å². The van der Waals surface area contributed by atoms with Gasteiger partial charge in [-0.05, 0) is 45.1 Å². The van der Waals surface area contributed by atoms with Crippen LogP contribution in [0.3, 0.4) is 0 Å². The number of amides is 2. The van der Waals surface area contributed by atoms with Gasteiger partial charge < -0.3 is 15.2 Å². The Morgan fingerprint density at radius 2 is 1.79 bits per heavy atom. The molecule has 2 amide bonds. The average Bonchev–Trinajstić information content (AvgIpc) is 3.40. The van der Waals surface area contributed by atoms with Crippen molar-refractivity contribution in [2.45, 2.75) is 51.1 Å². The Morgan fingerprint density at radius 3 is 2.46 bits per heavy atom. The van der Waals surface area contributed by atoms with E-state index in [0.717, 1.165) is 77.8 Å². The monoisotopic (exact) mass is 390 g/mol. The van der Waals surface area contributed by atoms with Crippen molar-refractivity contribution in [1.82, 2.24) is 24.8 Å². The lowest BCUT2D eigenvalue weighted by atomic mass is 9.93. The van der Waals surface area contributed by atoms with Crippen molar-refractivity contribution >= 4 is 11.8 Å². The molecule has 1 aromatic rings. The van der Waals surface area contributed by atoms with Gasteiger partial charge in [-0.2, -0.15) is 4.98 Å². The number of piperidine rings is 2. The van der Waals surface area contributed by atoms with E-state index in [0.29, 0.717) is 24.4 Å². The molecular formula is C19H30N6O3. The SMILES string of the molecule is NC(=O)c1noc(CN2CCC(N3CCC[C@H](C(=O)N4CCCC4)C3)CC2)n1. The molecule has 0 spiro atoms. The minimum Gasteiger partial charge on any atom is -0.363 e. The maximum atomic E-state index is 12.8. The highest BCUT2D eigenvalue weighted by Crippen LogP contribution is 2.26. The summed E-state index contributed by atoms with van der Waals surface area (Å²) < 4.78 is 5.10. The van der Waals surface area contributed by atoms with Crippen molar-refractivity contribution in [1.29, 1.82) is 0 Å². The first kappa shape index (κ1) is 19.3. The third-order valence-electron chi connectivity index (χ3n) is 6.34. The molecular weight excluding hydrogens is 360 g/mol. The Labute approximate surface area is 165 Å². The second-order valence-corrected chi connectivity index (χ2v) is 8.25. The zero-order chi connectivity index (χ0) is 19.5. The number of nitrogens with two attached hydrogens (primary N) is 1. The summed E-state index contributed by atoms with van der Waals surface area (Å²) in [5, 5.41) is 3.60. The molecule has 0 bridgehead atoms. The Balaban J connectivity index is 1.26. The van der Waals surface area contributed by atoms with E-state index in [9.17, 15) is 9.59 Å². The molecule has 3 fully saturated rings. The number of likely N-dealkylation sites (tertiary alicyclic amines) is 3. The largest absolute Gasteiger partial charge is 0.363 e. The zero-order valence-electron chi connectivity index (χ0n) is 16.4. The van der Waals surface area contributed by atoms with Gasteiger partial charge in [0.05, 0.1) is 12.5 Å². The van der Waals surface area contributed by atoms with E-state index >= 15 is 0 Å². The zero-order valence-corrected chi connectivity index (χ0v) is 16.4. The fourth-order valence-electron chi connectivity index (χ4n) is 4.79. The van der Waals surface area contributed by atoms with E-state index in [1.807, 2.05) is 0 Å². The molecule has 1 atom stereocenters. The number of hydrogen-bond acceptors (Lipinski definition) is 7. The van der Waals surface area contributed by atoms with Crippen molar-refractivity contribution in [3.63, 3.8) is 0 Å². The number of carbonyl (C=O) groups is 2. The second-order valence-electron chi connectivity index (χ2n) is 8.25. The Morgan fingerprint density at radius 1 is 1.04 bits per heavy atom. The minimum atomic E-state index is -0.670. The highest BCUT2D eigenvalue weighted by molar-refractivity contribution is 5.88. The van der Waals surface area contributed by atoms with Crippen LogP contribution in [0.4, 0.5) is 0 Å². The third kappa shape index (κ3) is 4.35. The summed E-state index contributed by atoms with van der Waals surface area (Å²) in [5.74, 6) is 0.252. The molecule has 154 valence electrons. The van der Waals surface area contributed by atoms with Crippen LogP contribution in [0.2, 0.25) is 0 Å². The van der Waals surface area contributed by atoms with Crippen LogP contribution in [0, 0.1) is 5.92 Å². The molecule has 9 heteroatoms. The van der Waals surface area contributed by atoms with Crippen LogP contribution in [0.15, 0.2) is 4.52 Å². The first-order chi connectivity index (χ1) is 13.6. The lowest BCUT2D eigenvalue weighted by molar-refractivity contribution is -0.136. The summed E-state index contributed by atoms with van der Waals surface area (Å²) in [7, 11) is 0. The quantitative estimate of drug-likeness (QED) is 0.778. The van der Waals surface area contributed by atoms with Crippen molar-refractivity contribution in [2.75, 3.05) is 39.3 Å². The smallest absolute Gasteiger partial charge is 0.290 e. The van der Waals surface area contributed by atoms with Crippen LogP contribution in [0.5, 0.6) is 0 Å². The van der Waals surface area contributed by atoms with E-state index in [1.165, 1.54) is 0 Å². The van der Waals surface area contributed by atoms with Crippen molar-refractivity contribution in [2.24, 2.45) is 11.7 Å². The number of nitrogens with zero attached hydrogens (tertiary/aromatic N) is 5. The summed E-state index contributed by atoms with van der Waals surface area (Å²) in [6.45, 7) is 6.33. The van der Waals surface area contributed by atoms with Gasteiger partial charge in [0.1, 0.15) is 0 Å².